The predicted octanol–water partition coefficient (Wildman–Crippen LogP) is 4.33. The highest BCUT2D eigenvalue weighted by Gasteiger charge is 2.30. The monoisotopic (exact) mass is 359 g/mol. The van der Waals surface area contributed by atoms with Gasteiger partial charge in [0.1, 0.15) is 5.82 Å². The number of amides is 1. The number of nitrogens with zero attached hydrogens (tertiary/aromatic N) is 2. The van der Waals surface area contributed by atoms with E-state index in [-0.39, 0.29) is 18.3 Å². The standard InChI is InChI=1S/C19H16F3N3O/c1-25(17-10-9-14(11-23-17)19(20,21)22)12-18(26)24-16-8-4-6-13-5-2-3-7-15(13)16/h2-11H,12H2,1H3,(H,24,26). The summed E-state index contributed by atoms with van der Waals surface area (Å²) >= 11 is 0. The van der Waals surface area contributed by atoms with Gasteiger partial charge in [-0.25, -0.2) is 4.98 Å². The molecule has 1 N–H and O–H groups in total. The molecule has 0 saturated carbocycles. The molecule has 0 fully saturated rings. The average Bonchev–Trinajstić information content (AvgIpc) is 2.61. The molecule has 0 unspecified atom stereocenters. The lowest BCUT2D eigenvalue weighted by molar-refractivity contribution is -0.137. The minimum Gasteiger partial charge on any atom is -0.350 e. The maximum Gasteiger partial charge on any atom is 0.417 e. The molecule has 134 valence electrons. The Morgan fingerprint density at radius 2 is 1.81 bits per heavy atom. The minimum atomic E-state index is -4.43. The fraction of sp³-hybridized carbons (Fsp3) is 0.158. The van der Waals surface area contributed by atoms with E-state index in [0.717, 1.165) is 23.0 Å². The van der Waals surface area contributed by atoms with Crippen LogP contribution in [0.15, 0.2) is 60.8 Å². The van der Waals surface area contributed by atoms with Gasteiger partial charge in [0.15, 0.2) is 0 Å². The van der Waals surface area contributed by atoms with Crippen LogP contribution in [0.3, 0.4) is 0 Å². The second kappa shape index (κ2) is 7.03. The third-order valence-corrected chi connectivity index (χ3v) is 3.91. The average molecular weight is 359 g/mol. The highest BCUT2D eigenvalue weighted by atomic mass is 19.4. The van der Waals surface area contributed by atoms with E-state index < -0.39 is 11.7 Å². The van der Waals surface area contributed by atoms with Crippen molar-refractivity contribution in [1.29, 1.82) is 0 Å². The van der Waals surface area contributed by atoms with Gasteiger partial charge in [0.25, 0.3) is 0 Å². The third kappa shape index (κ3) is 3.93. The zero-order valence-electron chi connectivity index (χ0n) is 13.9. The topological polar surface area (TPSA) is 45.2 Å². The quantitative estimate of drug-likeness (QED) is 0.754. The molecule has 4 nitrogen and oxygen atoms in total. The van der Waals surface area contributed by atoms with E-state index in [2.05, 4.69) is 10.3 Å². The SMILES string of the molecule is CN(CC(=O)Nc1cccc2ccccc12)c1ccc(C(F)(F)F)cn1. The number of hydrogen-bond donors (Lipinski definition) is 1. The summed E-state index contributed by atoms with van der Waals surface area (Å²) in [5, 5.41) is 4.75. The molecule has 0 radical (unpaired) electrons. The second-order valence-electron chi connectivity index (χ2n) is 5.83. The van der Waals surface area contributed by atoms with Crippen molar-refractivity contribution in [3.63, 3.8) is 0 Å². The number of carbonyl (C=O) groups is 1. The maximum absolute atomic E-state index is 12.6. The number of fused-ring (bicyclic) bond motifs is 1. The first-order valence-corrected chi connectivity index (χ1v) is 7.86. The van der Waals surface area contributed by atoms with Gasteiger partial charge in [-0.2, -0.15) is 13.2 Å². The summed E-state index contributed by atoms with van der Waals surface area (Å²) in [6.45, 7) is -0.0401. The van der Waals surface area contributed by atoms with Crippen LogP contribution in [0.2, 0.25) is 0 Å². The Hall–Kier alpha value is -3.09. The lowest BCUT2D eigenvalue weighted by atomic mass is 10.1. The number of nitrogens with one attached hydrogen (secondary N) is 1. The number of alkyl halides is 3. The van der Waals surface area contributed by atoms with Crippen LogP contribution in [0.1, 0.15) is 5.56 Å². The predicted molar refractivity (Wildman–Crippen MR) is 95.1 cm³/mol. The van der Waals surface area contributed by atoms with Gasteiger partial charge in [0.2, 0.25) is 5.91 Å². The zero-order valence-corrected chi connectivity index (χ0v) is 13.9. The number of benzene rings is 2. The molecule has 2 aromatic carbocycles. The molecule has 1 aromatic heterocycles. The number of aromatic nitrogens is 1. The summed E-state index contributed by atoms with van der Waals surface area (Å²) < 4.78 is 37.7. The lowest BCUT2D eigenvalue weighted by Crippen LogP contribution is -2.30. The third-order valence-electron chi connectivity index (χ3n) is 3.91. The summed E-state index contributed by atoms with van der Waals surface area (Å²) in [6, 6.07) is 15.4. The summed E-state index contributed by atoms with van der Waals surface area (Å²) in [7, 11) is 1.60. The molecule has 7 heteroatoms. The smallest absolute Gasteiger partial charge is 0.350 e. The maximum atomic E-state index is 12.6. The number of halogens is 3. The van der Waals surface area contributed by atoms with E-state index in [0.29, 0.717) is 5.69 Å². The van der Waals surface area contributed by atoms with Gasteiger partial charge in [0.05, 0.1) is 12.1 Å². The Balaban J connectivity index is 1.69. The Morgan fingerprint density at radius 1 is 1.08 bits per heavy atom. The van der Waals surface area contributed by atoms with Crippen molar-refractivity contribution in [3.05, 3.63) is 66.4 Å². The highest BCUT2D eigenvalue weighted by Crippen LogP contribution is 2.29. The van der Waals surface area contributed by atoms with E-state index in [9.17, 15) is 18.0 Å². The molecule has 0 aliphatic carbocycles. The van der Waals surface area contributed by atoms with Gasteiger partial charge >= 0.3 is 6.18 Å². The van der Waals surface area contributed by atoms with Crippen LogP contribution >= 0.6 is 0 Å². The van der Waals surface area contributed by atoms with Gasteiger partial charge in [-0.05, 0) is 23.6 Å². The number of rotatable bonds is 4. The van der Waals surface area contributed by atoms with Crippen LogP contribution in [0.5, 0.6) is 0 Å². The van der Waals surface area contributed by atoms with Crippen molar-refractivity contribution in [2.45, 2.75) is 6.18 Å². The molecule has 0 aliphatic heterocycles. The van der Waals surface area contributed by atoms with Crippen LogP contribution < -0.4 is 10.2 Å². The molecular weight excluding hydrogens is 343 g/mol. The van der Waals surface area contributed by atoms with Crippen molar-refractivity contribution in [1.82, 2.24) is 4.98 Å². The number of anilines is 2. The molecule has 3 rings (SSSR count). The van der Waals surface area contributed by atoms with Crippen molar-refractivity contribution < 1.29 is 18.0 Å². The highest BCUT2D eigenvalue weighted by molar-refractivity contribution is 6.03. The van der Waals surface area contributed by atoms with E-state index >= 15 is 0 Å². The second-order valence-corrected chi connectivity index (χ2v) is 5.83. The fourth-order valence-electron chi connectivity index (χ4n) is 2.60. The van der Waals surface area contributed by atoms with Gasteiger partial charge in [-0.3, -0.25) is 4.79 Å². The van der Waals surface area contributed by atoms with Gasteiger partial charge < -0.3 is 10.2 Å². The molecule has 0 aliphatic rings. The summed E-state index contributed by atoms with van der Waals surface area (Å²) in [6.07, 6.45) is -3.68. The van der Waals surface area contributed by atoms with Gasteiger partial charge in [-0.1, -0.05) is 36.4 Å². The molecule has 0 atom stereocenters. The summed E-state index contributed by atoms with van der Waals surface area (Å²) in [5.74, 6) is -0.00313. The number of likely N-dealkylation sites (N-methyl/N-ethyl adjacent to an activating group) is 1. The summed E-state index contributed by atoms with van der Waals surface area (Å²) in [5.41, 5.74) is -0.142. The number of hydrogen-bond acceptors (Lipinski definition) is 3. The van der Waals surface area contributed by atoms with Gasteiger partial charge in [0, 0.05) is 24.3 Å². The lowest BCUT2D eigenvalue weighted by Gasteiger charge is -2.18. The molecule has 1 heterocycles. The van der Waals surface area contributed by atoms with Crippen LogP contribution in [0, 0.1) is 0 Å². The van der Waals surface area contributed by atoms with Crippen molar-refractivity contribution in [3.8, 4) is 0 Å². The van der Waals surface area contributed by atoms with Crippen molar-refractivity contribution >= 4 is 28.2 Å². The molecule has 26 heavy (non-hydrogen) atoms. The van der Waals surface area contributed by atoms with E-state index in [1.807, 2.05) is 36.4 Å². The Bertz CT molecular complexity index is 918. The van der Waals surface area contributed by atoms with E-state index in [4.69, 9.17) is 0 Å². The zero-order chi connectivity index (χ0) is 18.7. The molecule has 1 amide bonds. The van der Waals surface area contributed by atoms with Crippen LogP contribution in [0.4, 0.5) is 24.7 Å². The molecule has 0 bridgehead atoms. The Kier molecular flexibility index (Phi) is 4.79. The summed E-state index contributed by atoms with van der Waals surface area (Å²) in [4.78, 5) is 17.6. The first-order valence-electron chi connectivity index (χ1n) is 7.86. The number of carbonyl (C=O) groups excluding carboxylic acids is 1. The molecular formula is C19H16F3N3O. The fourth-order valence-corrected chi connectivity index (χ4v) is 2.60. The Labute approximate surface area is 148 Å². The van der Waals surface area contributed by atoms with Crippen LogP contribution in [0.25, 0.3) is 10.8 Å². The van der Waals surface area contributed by atoms with E-state index in [1.165, 1.54) is 11.0 Å². The minimum absolute atomic E-state index is 0.0401. The van der Waals surface area contributed by atoms with Crippen LogP contribution in [-0.4, -0.2) is 24.5 Å². The Morgan fingerprint density at radius 3 is 2.50 bits per heavy atom. The van der Waals surface area contributed by atoms with Gasteiger partial charge in [-0.15, -0.1) is 0 Å². The van der Waals surface area contributed by atoms with Crippen molar-refractivity contribution in [2.24, 2.45) is 0 Å². The molecule has 3 aromatic rings. The normalized spacial score (nSPS) is 11.4. The first-order chi connectivity index (χ1) is 12.3. The van der Waals surface area contributed by atoms with E-state index in [1.54, 1.807) is 13.1 Å². The molecule has 0 saturated heterocycles. The first kappa shape index (κ1) is 17.7. The van der Waals surface area contributed by atoms with Crippen LogP contribution in [-0.2, 0) is 11.0 Å². The van der Waals surface area contributed by atoms with Crippen molar-refractivity contribution in [2.75, 3.05) is 23.8 Å². The largest absolute Gasteiger partial charge is 0.417 e. The number of pyridine rings is 1. The molecule has 0 spiro atoms.